The molecule has 0 aliphatic carbocycles. The Morgan fingerprint density at radius 3 is 2.44 bits per heavy atom. The van der Waals surface area contributed by atoms with Crippen LogP contribution in [0.15, 0.2) is 60.8 Å². The number of nitrogens with two attached hydrogens (primary N) is 2. The zero-order chi connectivity index (χ0) is 32.6. The van der Waals surface area contributed by atoms with Crippen molar-refractivity contribution in [2.75, 3.05) is 22.4 Å². The molecule has 0 saturated carbocycles. The fourth-order valence-corrected chi connectivity index (χ4v) is 4.60. The van der Waals surface area contributed by atoms with E-state index in [1.165, 1.54) is 67.7 Å². The minimum absolute atomic E-state index is 0.0107. The number of esters is 1. The Hall–Kier alpha value is -5.51. The van der Waals surface area contributed by atoms with Gasteiger partial charge in [0.1, 0.15) is 41.1 Å². The molecule has 16 heteroatoms. The number of halogens is 1. The molecular formula is C29H30FN7O7S. The molecule has 0 aliphatic rings. The van der Waals surface area contributed by atoms with Gasteiger partial charge in [0.05, 0.1) is 23.6 Å². The Bertz CT molecular complexity index is 1790. The normalized spacial score (nSPS) is 11.1. The fourth-order valence-electron chi connectivity index (χ4n) is 3.95. The molecule has 7 N–H and O–H groups in total. The van der Waals surface area contributed by atoms with Gasteiger partial charge in [-0.05, 0) is 55.3 Å². The molecule has 0 fully saturated rings. The quantitative estimate of drug-likeness (QED) is 0.0944. The Balaban J connectivity index is 1.57. The summed E-state index contributed by atoms with van der Waals surface area (Å²) in [5, 5.41) is 9.85. The first kappa shape index (κ1) is 32.4. The van der Waals surface area contributed by atoms with Gasteiger partial charge in [0.2, 0.25) is 15.9 Å². The van der Waals surface area contributed by atoms with Crippen LogP contribution in [0, 0.1) is 5.82 Å². The Morgan fingerprint density at radius 1 is 1.04 bits per heavy atom. The van der Waals surface area contributed by atoms with Crippen LogP contribution < -0.4 is 26.2 Å². The lowest BCUT2D eigenvalue weighted by Gasteiger charge is -2.15. The summed E-state index contributed by atoms with van der Waals surface area (Å²) in [4.78, 5) is 39.7. The highest BCUT2D eigenvalue weighted by Crippen LogP contribution is 2.35. The van der Waals surface area contributed by atoms with Crippen LogP contribution in [0.1, 0.15) is 46.0 Å². The molecule has 2 amide bonds. The van der Waals surface area contributed by atoms with E-state index in [-0.39, 0.29) is 65.3 Å². The molecule has 0 unspecified atom stereocenters. The van der Waals surface area contributed by atoms with Crippen LogP contribution in [0.3, 0.4) is 0 Å². The van der Waals surface area contributed by atoms with Crippen molar-refractivity contribution in [3.8, 4) is 17.0 Å². The van der Waals surface area contributed by atoms with Crippen molar-refractivity contribution in [1.82, 2.24) is 15.2 Å². The van der Waals surface area contributed by atoms with E-state index in [1.54, 1.807) is 0 Å². The number of pyridine rings is 1. The summed E-state index contributed by atoms with van der Waals surface area (Å²) in [5.41, 5.74) is 12.2. The number of ether oxygens (including phenoxy) is 2. The van der Waals surface area contributed by atoms with Crippen molar-refractivity contribution in [2.24, 2.45) is 11.5 Å². The lowest BCUT2D eigenvalue weighted by Crippen LogP contribution is -2.15. The van der Waals surface area contributed by atoms with Crippen LogP contribution >= 0.6 is 0 Å². The molecule has 0 bridgehead atoms. The molecule has 0 spiro atoms. The highest BCUT2D eigenvalue weighted by Gasteiger charge is 2.22. The molecule has 0 saturated heterocycles. The Morgan fingerprint density at radius 2 is 1.80 bits per heavy atom. The van der Waals surface area contributed by atoms with E-state index in [0.29, 0.717) is 17.5 Å². The van der Waals surface area contributed by atoms with Crippen LogP contribution in [0.4, 0.5) is 21.7 Å². The number of rotatable bonds is 15. The monoisotopic (exact) mass is 639 g/mol. The summed E-state index contributed by atoms with van der Waals surface area (Å²) >= 11 is 0. The average Bonchev–Trinajstić information content (AvgIpc) is 3.43. The number of benzene rings is 2. The van der Waals surface area contributed by atoms with Gasteiger partial charge in [0.15, 0.2) is 0 Å². The van der Waals surface area contributed by atoms with Gasteiger partial charge in [-0.2, -0.15) is 5.10 Å². The van der Waals surface area contributed by atoms with Crippen molar-refractivity contribution >= 4 is 45.1 Å². The molecule has 4 aromatic rings. The summed E-state index contributed by atoms with van der Waals surface area (Å²) in [6, 6.07) is 13.0. The standard InChI is InChI=1S/C29H30FN7O7S/c1-2-45(41,42)37-21-11-7-18(14-22(21)44-16-17-5-9-20(30)10-6-17)26-25(27(32)39)28(36-35-26)34-24-12-8-19(15-33-24)29(40)43-13-3-4-23(31)38/h5-12,14-15,37H,2-4,13,16H2,1H3,(H2,31,38)(H2,32,39)(H2,33,34,35,36). The number of nitrogens with one attached hydrogen (secondary N) is 3. The van der Waals surface area contributed by atoms with E-state index in [0.717, 1.165) is 0 Å². The smallest absolute Gasteiger partial charge is 0.339 e. The van der Waals surface area contributed by atoms with Crippen molar-refractivity contribution in [2.45, 2.75) is 26.4 Å². The number of aromatic nitrogens is 3. The SMILES string of the molecule is CCS(=O)(=O)Nc1ccc(-c2n[nH]c(Nc3ccc(C(=O)OCCCC(N)=O)cn3)c2C(N)=O)cc1OCc1ccc(F)cc1. The minimum Gasteiger partial charge on any atom is -0.487 e. The third-order valence-corrected chi connectivity index (χ3v) is 7.56. The topological polar surface area (TPSA) is 221 Å². The Kier molecular flexibility index (Phi) is 10.3. The zero-order valence-corrected chi connectivity index (χ0v) is 24.8. The third kappa shape index (κ3) is 8.76. The van der Waals surface area contributed by atoms with E-state index < -0.39 is 33.6 Å². The number of amides is 2. The third-order valence-electron chi connectivity index (χ3n) is 6.27. The number of carbonyl (C=O) groups is 3. The van der Waals surface area contributed by atoms with E-state index in [2.05, 4.69) is 25.2 Å². The number of hydrogen-bond acceptors (Lipinski definition) is 10. The van der Waals surface area contributed by atoms with Crippen LogP contribution in [0.2, 0.25) is 0 Å². The number of sulfonamides is 1. The number of primary amides is 2. The van der Waals surface area contributed by atoms with Gasteiger partial charge < -0.3 is 26.3 Å². The fraction of sp³-hybridized carbons (Fsp3) is 0.207. The van der Waals surface area contributed by atoms with Crippen molar-refractivity contribution in [3.05, 3.63) is 83.3 Å². The van der Waals surface area contributed by atoms with Crippen molar-refractivity contribution in [1.29, 1.82) is 0 Å². The molecule has 0 aliphatic heterocycles. The Labute approximate surface area is 257 Å². The maximum Gasteiger partial charge on any atom is 0.339 e. The maximum absolute atomic E-state index is 13.3. The highest BCUT2D eigenvalue weighted by molar-refractivity contribution is 7.92. The first-order valence-corrected chi connectivity index (χ1v) is 15.2. The first-order chi connectivity index (χ1) is 21.5. The van der Waals surface area contributed by atoms with Crippen molar-refractivity contribution in [3.63, 3.8) is 0 Å². The molecule has 2 aromatic carbocycles. The van der Waals surface area contributed by atoms with Gasteiger partial charge in [0.25, 0.3) is 5.91 Å². The molecule has 2 heterocycles. The average molecular weight is 640 g/mol. The number of anilines is 3. The van der Waals surface area contributed by atoms with Gasteiger partial charge in [-0.15, -0.1) is 0 Å². The van der Waals surface area contributed by atoms with Gasteiger partial charge in [-0.3, -0.25) is 19.4 Å². The molecule has 0 radical (unpaired) electrons. The number of aromatic amines is 1. The predicted molar refractivity (Wildman–Crippen MR) is 163 cm³/mol. The highest BCUT2D eigenvalue weighted by atomic mass is 32.2. The predicted octanol–water partition coefficient (Wildman–Crippen LogP) is 3.22. The van der Waals surface area contributed by atoms with Crippen molar-refractivity contribution < 1.29 is 36.7 Å². The van der Waals surface area contributed by atoms with Crippen LogP contribution in [0.25, 0.3) is 11.3 Å². The van der Waals surface area contributed by atoms with Crippen LogP contribution in [0.5, 0.6) is 5.75 Å². The molecule has 2 aromatic heterocycles. The second-order valence-corrected chi connectivity index (χ2v) is 11.6. The van der Waals surface area contributed by atoms with E-state index in [1.807, 2.05) is 0 Å². The lowest BCUT2D eigenvalue weighted by molar-refractivity contribution is -0.118. The first-order valence-electron chi connectivity index (χ1n) is 13.5. The molecule has 4 rings (SSSR count). The number of nitrogens with zero attached hydrogens (tertiary/aromatic N) is 2. The zero-order valence-electron chi connectivity index (χ0n) is 24.0. The number of hydrogen-bond donors (Lipinski definition) is 5. The molecule has 236 valence electrons. The molecule has 14 nitrogen and oxygen atoms in total. The van der Waals surface area contributed by atoms with Gasteiger partial charge in [0, 0.05) is 18.2 Å². The summed E-state index contributed by atoms with van der Waals surface area (Å²) in [6.45, 7) is 1.49. The van der Waals surface area contributed by atoms with Gasteiger partial charge in [-0.25, -0.2) is 22.6 Å². The molecular weight excluding hydrogens is 609 g/mol. The second kappa shape index (κ2) is 14.3. The van der Waals surface area contributed by atoms with Crippen LogP contribution in [-0.4, -0.2) is 53.7 Å². The number of H-pyrrole nitrogens is 1. The number of carbonyl (C=O) groups excluding carboxylic acids is 3. The summed E-state index contributed by atoms with van der Waals surface area (Å²) in [7, 11) is -3.67. The van der Waals surface area contributed by atoms with Gasteiger partial charge in [-0.1, -0.05) is 18.2 Å². The molecule has 45 heavy (non-hydrogen) atoms. The van der Waals surface area contributed by atoms with Gasteiger partial charge >= 0.3 is 5.97 Å². The molecule has 0 atom stereocenters. The van der Waals surface area contributed by atoms with Crippen LogP contribution in [-0.2, 0) is 26.2 Å². The second-order valence-electron chi connectivity index (χ2n) is 9.58. The summed E-state index contributed by atoms with van der Waals surface area (Å²) < 4.78 is 51.4. The van der Waals surface area contributed by atoms with E-state index >= 15 is 0 Å². The summed E-state index contributed by atoms with van der Waals surface area (Å²) in [6.07, 6.45) is 1.65. The van der Waals surface area contributed by atoms with E-state index in [4.69, 9.17) is 20.9 Å². The maximum atomic E-state index is 13.3. The lowest BCUT2D eigenvalue weighted by atomic mass is 10.1. The minimum atomic E-state index is -3.67. The summed E-state index contributed by atoms with van der Waals surface area (Å²) in [5.74, 6) is -2.08. The van der Waals surface area contributed by atoms with E-state index in [9.17, 15) is 27.2 Å². The largest absolute Gasteiger partial charge is 0.487 e.